The number of benzene rings is 2. The standard InChI is InChI=1S/C28H32O16/c1-39-16-4-10(2-3-13(16)32)26-17(42-28-25(38)23(36)21(34)19(9-30)44-28)7-12-14(40-26)5-11(31)6-15(12)41-27-24(37)22(35)20(33)18(8-29)43-27/h2-7,18-25,27-30,33-38H,8-9H2,1H3,(H-,31,32)/p+1. The van der Waals surface area contributed by atoms with E-state index in [1.807, 2.05) is 0 Å². The van der Waals surface area contributed by atoms with Crippen molar-refractivity contribution in [3.63, 3.8) is 0 Å². The molecule has 10 unspecified atom stereocenters. The van der Waals surface area contributed by atoms with Crippen LogP contribution < -0.4 is 14.2 Å². The van der Waals surface area contributed by atoms with Crippen LogP contribution in [0.5, 0.6) is 28.7 Å². The first-order valence-electron chi connectivity index (χ1n) is 13.4. The first-order valence-corrected chi connectivity index (χ1v) is 13.4. The van der Waals surface area contributed by atoms with Gasteiger partial charge < -0.3 is 74.7 Å². The van der Waals surface area contributed by atoms with Crippen LogP contribution in [0, 0.1) is 0 Å². The Morgan fingerprint density at radius 2 is 1.25 bits per heavy atom. The smallest absolute Gasteiger partial charge is 0.402 e. The third-order valence-corrected chi connectivity index (χ3v) is 7.43. The van der Waals surface area contributed by atoms with E-state index in [9.17, 15) is 51.1 Å². The summed E-state index contributed by atoms with van der Waals surface area (Å²) in [5.74, 6) is -0.907. The number of aromatic hydroxyl groups is 2. The van der Waals surface area contributed by atoms with Crippen LogP contribution in [0.15, 0.2) is 40.8 Å². The van der Waals surface area contributed by atoms with E-state index >= 15 is 0 Å². The Morgan fingerprint density at radius 3 is 1.80 bits per heavy atom. The Labute approximate surface area is 248 Å². The molecule has 240 valence electrons. The predicted molar refractivity (Wildman–Crippen MR) is 145 cm³/mol. The molecular weight excluding hydrogens is 592 g/mol. The van der Waals surface area contributed by atoms with Gasteiger partial charge in [0.25, 0.3) is 0 Å². The van der Waals surface area contributed by atoms with Gasteiger partial charge in [0.15, 0.2) is 11.5 Å². The van der Waals surface area contributed by atoms with Crippen molar-refractivity contribution in [1.29, 1.82) is 0 Å². The number of rotatable bonds is 8. The molecule has 2 aliphatic rings. The Bertz CT molecular complexity index is 1460. The van der Waals surface area contributed by atoms with Gasteiger partial charge in [-0.05, 0) is 12.1 Å². The van der Waals surface area contributed by atoms with Gasteiger partial charge in [-0.3, -0.25) is 0 Å². The van der Waals surface area contributed by atoms with E-state index in [0.29, 0.717) is 0 Å². The van der Waals surface area contributed by atoms with Crippen LogP contribution in [-0.2, 0) is 9.47 Å². The quantitative estimate of drug-likeness (QED) is 0.123. The number of ether oxygens (including phenoxy) is 5. The van der Waals surface area contributed by atoms with Crippen LogP contribution >= 0.6 is 0 Å². The molecule has 44 heavy (non-hydrogen) atoms. The van der Waals surface area contributed by atoms with E-state index in [0.717, 1.165) is 6.07 Å². The van der Waals surface area contributed by atoms with E-state index in [1.54, 1.807) is 0 Å². The van der Waals surface area contributed by atoms with Crippen LogP contribution in [0.3, 0.4) is 0 Å². The van der Waals surface area contributed by atoms with Crippen LogP contribution in [0.1, 0.15) is 0 Å². The van der Waals surface area contributed by atoms with E-state index < -0.39 is 74.6 Å². The molecule has 1 aromatic heterocycles. The Hall–Kier alpha value is -3.55. The largest absolute Gasteiger partial charge is 0.507 e. The van der Waals surface area contributed by atoms with Crippen molar-refractivity contribution in [2.24, 2.45) is 0 Å². The highest BCUT2D eigenvalue weighted by molar-refractivity contribution is 5.89. The van der Waals surface area contributed by atoms with Crippen molar-refractivity contribution in [2.75, 3.05) is 20.3 Å². The second-order valence-electron chi connectivity index (χ2n) is 10.3. The minimum atomic E-state index is -1.80. The highest BCUT2D eigenvalue weighted by Crippen LogP contribution is 2.43. The highest BCUT2D eigenvalue weighted by atomic mass is 16.7. The number of phenolic OH excluding ortho intramolecular Hbond substituents is 2. The van der Waals surface area contributed by atoms with Gasteiger partial charge in [0.05, 0.1) is 32.0 Å². The minimum absolute atomic E-state index is 0.0206. The fraction of sp³-hybridized carbons (Fsp3) is 0.464. The van der Waals surface area contributed by atoms with Gasteiger partial charge in [0, 0.05) is 18.2 Å². The Balaban J connectivity index is 1.62. The van der Waals surface area contributed by atoms with Crippen molar-refractivity contribution in [2.45, 2.75) is 61.4 Å². The molecule has 5 rings (SSSR count). The molecular formula is C28H33O16+. The first-order chi connectivity index (χ1) is 21.0. The molecule has 10 N–H and O–H groups in total. The van der Waals surface area contributed by atoms with Crippen molar-refractivity contribution in [1.82, 2.24) is 0 Å². The van der Waals surface area contributed by atoms with Gasteiger partial charge in [-0.15, -0.1) is 0 Å². The molecule has 16 nitrogen and oxygen atoms in total. The summed E-state index contributed by atoms with van der Waals surface area (Å²) < 4.78 is 33.9. The van der Waals surface area contributed by atoms with E-state index in [1.165, 1.54) is 37.4 Å². The molecule has 0 bridgehead atoms. The monoisotopic (exact) mass is 625 g/mol. The van der Waals surface area contributed by atoms with Crippen molar-refractivity contribution in [3.05, 3.63) is 36.4 Å². The maximum Gasteiger partial charge on any atom is 0.402 e. The van der Waals surface area contributed by atoms with E-state index in [-0.39, 0.29) is 51.0 Å². The summed E-state index contributed by atoms with van der Waals surface area (Å²) in [7, 11) is 1.32. The third-order valence-electron chi connectivity index (χ3n) is 7.43. The zero-order valence-electron chi connectivity index (χ0n) is 23.1. The molecule has 2 aromatic carbocycles. The molecule has 0 aliphatic carbocycles. The van der Waals surface area contributed by atoms with Crippen LogP contribution in [0.4, 0.5) is 0 Å². The highest BCUT2D eigenvalue weighted by Gasteiger charge is 2.47. The lowest BCUT2D eigenvalue weighted by molar-refractivity contribution is -0.277. The lowest BCUT2D eigenvalue weighted by Crippen LogP contribution is -2.60. The topological polar surface area (TPSA) is 260 Å². The second kappa shape index (κ2) is 12.8. The van der Waals surface area contributed by atoms with Gasteiger partial charge in [-0.2, -0.15) is 0 Å². The average Bonchev–Trinajstić information content (AvgIpc) is 3.01. The van der Waals surface area contributed by atoms with E-state index in [2.05, 4.69) is 0 Å². The predicted octanol–water partition coefficient (Wildman–Crippen LogP) is -1.84. The van der Waals surface area contributed by atoms with Crippen LogP contribution in [0.2, 0.25) is 0 Å². The normalized spacial score (nSPS) is 32.4. The van der Waals surface area contributed by atoms with Gasteiger partial charge in [0.1, 0.15) is 65.7 Å². The summed E-state index contributed by atoms with van der Waals surface area (Å²) in [5, 5.41) is 102. The number of aliphatic hydroxyl groups is 8. The lowest BCUT2D eigenvalue weighted by Gasteiger charge is -2.39. The molecule has 16 heteroatoms. The van der Waals surface area contributed by atoms with E-state index in [4.69, 9.17) is 28.1 Å². The second-order valence-corrected chi connectivity index (χ2v) is 10.3. The first kappa shape index (κ1) is 31.9. The van der Waals surface area contributed by atoms with Crippen LogP contribution in [-0.4, -0.2) is 133 Å². The number of fused-ring (bicyclic) bond motifs is 1. The van der Waals surface area contributed by atoms with Crippen molar-refractivity contribution >= 4 is 11.0 Å². The molecule has 3 heterocycles. The van der Waals surface area contributed by atoms with Gasteiger partial charge in [0.2, 0.25) is 18.3 Å². The number of aliphatic hydroxyl groups excluding tert-OH is 8. The zero-order chi connectivity index (χ0) is 31.9. The summed E-state index contributed by atoms with van der Waals surface area (Å²) in [6.45, 7) is -1.43. The number of phenols is 2. The summed E-state index contributed by atoms with van der Waals surface area (Å²) in [6.07, 6.45) is -16.3. The molecule has 2 saturated heterocycles. The number of hydrogen-bond donors (Lipinski definition) is 10. The molecule has 0 amide bonds. The summed E-state index contributed by atoms with van der Waals surface area (Å²) >= 11 is 0. The van der Waals surface area contributed by atoms with Gasteiger partial charge in [-0.1, -0.05) is 0 Å². The molecule has 10 atom stereocenters. The Kier molecular flexibility index (Phi) is 9.28. The molecule has 0 spiro atoms. The number of hydrogen-bond acceptors (Lipinski definition) is 15. The van der Waals surface area contributed by atoms with Gasteiger partial charge >= 0.3 is 11.3 Å². The van der Waals surface area contributed by atoms with Crippen molar-refractivity contribution in [3.8, 4) is 40.1 Å². The summed E-state index contributed by atoms with van der Waals surface area (Å²) in [6, 6.07) is 7.81. The maximum absolute atomic E-state index is 10.6. The lowest BCUT2D eigenvalue weighted by atomic mass is 9.99. The maximum atomic E-state index is 10.6. The Morgan fingerprint density at radius 1 is 0.682 bits per heavy atom. The molecule has 0 saturated carbocycles. The molecule has 2 aliphatic heterocycles. The summed E-state index contributed by atoms with van der Waals surface area (Å²) in [5.41, 5.74) is 0.244. The number of methoxy groups -OCH3 is 1. The minimum Gasteiger partial charge on any atom is -0.507 e. The molecule has 3 aromatic rings. The average molecular weight is 626 g/mol. The third kappa shape index (κ3) is 5.92. The fourth-order valence-electron chi connectivity index (χ4n) is 4.96. The SMILES string of the molecule is COc1cc(-c2[o+]c3cc(O)cc(OC4OC(CO)C(O)C(O)C4O)c3cc2OC2OC(CO)C(O)C(O)C2O)ccc1O. The zero-order valence-corrected chi connectivity index (χ0v) is 23.1. The fourth-order valence-corrected chi connectivity index (χ4v) is 4.96. The summed E-state index contributed by atoms with van der Waals surface area (Å²) in [4.78, 5) is 0. The van der Waals surface area contributed by atoms with Gasteiger partial charge in [-0.25, -0.2) is 4.42 Å². The molecule has 0 radical (unpaired) electrons. The van der Waals surface area contributed by atoms with Crippen LogP contribution in [0.25, 0.3) is 22.3 Å². The molecule has 2 fully saturated rings. The van der Waals surface area contributed by atoms with Crippen molar-refractivity contribution < 1.29 is 79.2 Å².